The van der Waals surface area contributed by atoms with E-state index >= 15 is 0 Å². The quantitative estimate of drug-likeness (QED) is 0.413. The lowest BCUT2D eigenvalue weighted by Crippen LogP contribution is -2.34. The lowest BCUT2D eigenvalue weighted by molar-refractivity contribution is -0.0513. The van der Waals surface area contributed by atoms with Gasteiger partial charge in [-0.25, -0.2) is 13.8 Å². The highest BCUT2D eigenvalue weighted by atomic mass is 19.1. The van der Waals surface area contributed by atoms with Crippen molar-refractivity contribution in [2.24, 2.45) is 0 Å². The van der Waals surface area contributed by atoms with Crippen LogP contribution in [0.25, 0.3) is 11.2 Å². The van der Waals surface area contributed by atoms with E-state index in [2.05, 4.69) is 9.97 Å². The van der Waals surface area contributed by atoms with Crippen molar-refractivity contribution >= 4 is 17.1 Å². The Bertz CT molecular complexity index is 1200. The van der Waals surface area contributed by atoms with Crippen LogP contribution in [0.5, 0.6) is 5.75 Å². The molecule has 3 heterocycles. The summed E-state index contributed by atoms with van der Waals surface area (Å²) in [6.45, 7) is -0.721. The van der Waals surface area contributed by atoms with Crippen LogP contribution in [0.15, 0.2) is 33.9 Å². The highest BCUT2D eigenvalue weighted by Crippen LogP contribution is 2.32. The third kappa shape index (κ3) is 3.14. The first-order valence-electron chi connectivity index (χ1n) is 9.07. The van der Waals surface area contributed by atoms with Crippen LogP contribution in [0.3, 0.4) is 0 Å². The fourth-order valence-electron chi connectivity index (χ4n) is 3.60. The molecule has 0 aliphatic carbocycles. The highest BCUT2D eigenvalue weighted by Gasteiger charge is 2.46. The second-order valence-electron chi connectivity index (χ2n) is 6.90. The van der Waals surface area contributed by atoms with Crippen molar-refractivity contribution in [3.8, 4) is 5.75 Å². The van der Waals surface area contributed by atoms with Gasteiger partial charge in [-0.3, -0.25) is 14.3 Å². The largest absolute Gasteiger partial charge is 0.497 e. The number of alkyl halides is 1. The van der Waals surface area contributed by atoms with Crippen molar-refractivity contribution in [1.82, 2.24) is 19.1 Å². The zero-order valence-corrected chi connectivity index (χ0v) is 15.9. The number of nitrogen functional groups attached to an aromatic ring is 1. The number of H-pyrrole nitrogens is 1. The molecule has 0 spiro atoms. The number of rotatable bonds is 5. The molecule has 30 heavy (non-hydrogen) atoms. The predicted molar refractivity (Wildman–Crippen MR) is 103 cm³/mol. The van der Waals surface area contributed by atoms with Crippen LogP contribution in [0.2, 0.25) is 0 Å². The zero-order valence-electron chi connectivity index (χ0n) is 15.9. The van der Waals surface area contributed by atoms with Crippen molar-refractivity contribution in [2.75, 3.05) is 19.5 Å². The summed E-state index contributed by atoms with van der Waals surface area (Å²) in [5.41, 5.74) is 4.56. The maximum absolute atomic E-state index is 14.3. The van der Waals surface area contributed by atoms with E-state index in [0.29, 0.717) is 11.3 Å². The van der Waals surface area contributed by atoms with Gasteiger partial charge in [-0.05, 0) is 17.7 Å². The van der Waals surface area contributed by atoms with Gasteiger partial charge in [0.1, 0.15) is 18.0 Å². The summed E-state index contributed by atoms with van der Waals surface area (Å²) in [5.74, 6) is 0.295. The number of aliphatic hydroxyl groups is 2. The Kier molecular flexibility index (Phi) is 5.05. The average Bonchev–Trinajstić information content (AvgIpc) is 3.15. The minimum atomic E-state index is -1.93. The van der Waals surface area contributed by atoms with Crippen LogP contribution in [0, 0.1) is 0 Å². The third-order valence-corrected chi connectivity index (χ3v) is 5.03. The van der Waals surface area contributed by atoms with Gasteiger partial charge >= 0.3 is 5.69 Å². The van der Waals surface area contributed by atoms with E-state index in [4.69, 9.17) is 15.2 Å². The second-order valence-corrected chi connectivity index (χ2v) is 6.90. The molecule has 0 amide bonds. The van der Waals surface area contributed by atoms with Crippen LogP contribution in [0.1, 0.15) is 11.8 Å². The van der Waals surface area contributed by atoms with Gasteiger partial charge in [0.2, 0.25) is 5.95 Å². The number of nitrogens with one attached hydrogen (secondary N) is 1. The molecule has 1 aliphatic heterocycles. The number of hydrogen-bond donors (Lipinski definition) is 4. The minimum absolute atomic E-state index is 0.0283. The van der Waals surface area contributed by atoms with Crippen molar-refractivity contribution in [1.29, 1.82) is 0 Å². The summed E-state index contributed by atoms with van der Waals surface area (Å²) in [7, 11) is 1.50. The number of benzene rings is 1. The van der Waals surface area contributed by atoms with E-state index < -0.39 is 42.5 Å². The average molecular weight is 421 g/mol. The molecule has 0 unspecified atom stereocenters. The molecule has 2 aromatic heterocycles. The number of nitrogens with zero attached hydrogens (tertiary/aromatic N) is 3. The second kappa shape index (κ2) is 7.55. The van der Waals surface area contributed by atoms with E-state index in [9.17, 15) is 24.2 Å². The maximum atomic E-state index is 14.3. The number of anilines is 1. The molecule has 12 heteroatoms. The molecule has 0 saturated carbocycles. The predicted octanol–water partition coefficient (Wildman–Crippen LogP) is -0.886. The Balaban J connectivity index is 1.91. The number of aromatic amines is 1. The Morgan fingerprint density at radius 3 is 2.83 bits per heavy atom. The lowest BCUT2D eigenvalue weighted by Gasteiger charge is -2.15. The number of aromatic nitrogens is 4. The molecule has 11 nitrogen and oxygen atoms in total. The van der Waals surface area contributed by atoms with Gasteiger partial charge < -0.3 is 25.4 Å². The van der Waals surface area contributed by atoms with Gasteiger partial charge in [-0.15, -0.1) is 0 Å². The SMILES string of the molecule is COc1cccc(Cn2c(=O)n([C@@H]3O[C@H](CO)[C@@H](F)[C@H]3O)c3nc(N)[nH]c(=O)c32)c1. The van der Waals surface area contributed by atoms with Gasteiger partial charge in [0, 0.05) is 0 Å². The monoisotopic (exact) mass is 421 g/mol. The van der Waals surface area contributed by atoms with Crippen LogP contribution in [0.4, 0.5) is 10.3 Å². The number of fused-ring (bicyclic) bond motifs is 1. The fourth-order valence-corrected chi connectivity index (χ4v) is 3.60. The number of halogens is 1. The van der Waals surface area contributed by atoms with Gasteiger partial charge in [-0.1, -0.05) is 12.1 Å². The molecule has 0 bridgehead atoms. The number of imidazole rings is 1. The van der Waals surface area contributed by atoms with E-state index in [0.717, 1.165) is 9.13 Å². The van der Waals surface area contributed by atoms with Crippen LogP contribution < -0.4 is 21.7 Å². The van der Waals surface area contributed by atoms with E-state index in [-0.39, 0.29) is 23.7 Å². The zero-order chi connectivity index (χ0) is 21.6. The maximum Gasteiger partial charge on any atom is 0.333 e. The molecule has 1 aromatic carbocycles. The standard InChI is InChI=1S/C18H20FN5O6/c1-29-9-4-2-3-8(5-9)6-23-12-14(21-17(20)22-15(12)27)24(18(23)28)16-13(26)11(19)10(7-25)30-16/h2-5,10-11,13,16,25-26H,6-7H2,1H3,(H3,20,21,22,27)/t10-,11-,13-,16-/m1/s1. The van der Waals surface area contributed by atoms with Gasteiger partial charge in [-0.2, -0.15) is 4.98 Å². The number of hydrogen-bond acceptors (Lipinski definition) is 8. The molecule has 3 aromatic rings. The van der Waals surface area contributed by atoms with E-state index in [1.165, 1.54) is 7.11 Å². The smallest absolute Gasteiger partial charge is 0.333 e. The molecule has 0 radical (unpaired) electrons. The first kappa shape index (κ1) is 20.1. The highest BCUT2D eigenvalue weighted by molar-refractivity contribution is 5.72. The lowest BCUT2D eigenvalue weighted by atomic mass is 10.1. The summed E-state index contributed by atoms with van der Waals surface area (Å²) >= 11 is 0. The molecule has 1 saturated heterocycles. The van der Waals surface area contributed by atoms with Gasteiger partial charge in [0.05, 0.1) is 20.3 Å². The molecule has 1 aliphatic rings. The summed E-state index contributed by atoms with van der Waals surface area (Å²) in [6.07, 6.45) is -6.50. The molecular formula is C18H20FN5O6. The van der Waals surface area contributed by atoms with Gasteiger partial charge in [0.25, 0.3) is 5.56 Å². The van der Waals surface area contributed by atoms with Crippen molar-refractivity contribution in [3.63, 3.8) is 0 Å². The number of ether oxygens (including phenoxy) is 2. The number of methoxy groups -OCH3 is 1. The number of nitrogens with two attached hydrogens (primary N) is 1. The molecule has 4 atom stereocenters. The number of aliphatic hydroxyl groups excluding tert-OH is 2. The van der Waals surface area contributed by atoms with Crippen LogP contribution in [-0.2, 0) is 11.3 Å². The summed E-state index contributed by atoms with van der Waals surface area (Å²) in [5, 5.41) is 19.5. The molecular weight excluding hydrogens is 401 g/mol. The Labute approximate surface area is 168 Å². The molecule has 160 valence electrons. The van der Waals surface area contributed by atoms with E-state index in [1.54, 1.807) is 24.3 Å². The Morgan fingerprint density at radius 1 is 1.40 bits per heavy atom. The molecule has 1 fully saturated rings. The first-order valence-corrected chi connectivity index (χ1v) is 9.07. The first-order chi connectivity index (χ1) is 14.3. The molecule has 5 N–H and O–H groups in total. The Hall–Kier alpha value is -3.22. The normalized spacial score (nSPS) is 23.9. The third-order valence-electron chi connectivity index (χ3n) is 5.03. The van der Waals surface area contributed by atoms with Gasteiger partial charge in [0.15, 0.2) is 23.6 Å². The van der Waals surface area contributed by atoms with Crippen molar-refractivity contribution in [2.45, 2.75) is 31.2 Å². The fraction of sp³-hybridized carbons (Fsp3) is 0.389. The van der Waals surface area contributed by atoms with Crippen LogP contribution in [-0.4, -0.2) is 61.4 Å². The van der Waals surface area contributed by atoms with E-state index in [1.807, 2.05) is 0 Å². The van der Waals surface area contributed by atoms with Crippen LogP contribution >= 0.6 is 0 Å². The summed E-state index contributed by atoms with van der Waals surface area (Å²) < 4.78 is 26.8. The Morgan fingerprint density at radius 2 is 2.17 bits per heavy atom. The minimum Gasteiger partial charge on any atom is -0.497 e. The van der Waals surface area contributed by atoms with Crippen molar-refractivity contribution in [3.05, 3.63) is 50.7 Å². The topological polar surface area (TPSA) is 158 Å². The summed E-state index contributed by atoms with van der Waals surface area (Å²) in [6, 6.07) is 6.87. The van der Waals surface area contributed by atoms with Crippen molar-refractivity contribution < 1.29 is 24.1 Å². The summed E-state index contributed by atoms with van der Waals surface area (Å²) in [4.78, 5) is 32.2. The molecule has 4 rings (SSSR count).